The van der Waals surface area contributed by atoms with Crippen LogP contribution in [0.25, 0.3) is 0 Å². The molecule has 0 unspecified atom stereocenters. The van der Waals surface area contributed by atoms with E-state index in [0.717, 1.165) is 31.1 Å². The highest BCUT2D eigenvalue weighted by molar-refractivity contribution is 7.99. The Bertz CT molecular complexity index is 203. The molecule has 0 atom stereocenters. The van der Waals surface area contributed by atoms with Crippen LogP contribution in [0.3, 0.4) is 0 Å². The third-order valence-corrected chi connectivity index (χ3v) is 4.22. The van der Waals surface area contributed by atoms with Crippen molar-refractivity contribution in [1.29, 1.82) is 0 Å². The molecule has 2 N–H and O–H groups in total. The van der Waals surface area contributed by atoms with Crippen molar-refractivity contribution >= 4 is 17.7 Å². The lowest BCUT2D eigenvalue weighted by Gasteiger charge is -2.28. The lowest BCUT2D eigenvalue weighted by atomic mass is 9.95. The predicted octanol–water partition coefficient (Wildman–Crippen LogP) is 1.78. The van der Waals surface area contributed by atoms with Gasteiger partial charge in [0.15, 0.2) is 0 Å². The second-order valence-corrected chi connectivity index (χ2v) is 5.59. The maximum Gasteiger partial charge on any atom is 0.234 e. The van der Waals surface area contributed by atoms with Gasteiger partial charge in [-0.25, -0.2) is 0 Å². The molecule has 1 fully saturated rings. The molecule has 0 spiro atoms. The van der Waals surface area contributed by atoms with Crippen LogP contribution in [0.1, 0.15) is 39.0 Å². The average molecular weight is 244 g/mol. The molecule has 0 saturated heterocycles. The molecular weight excluding hydrogens is 220 g/mol. The molecule has 94 valence electrons. The monoisotopic (exact) mass is 244 g/mol. The van der Waals surface area contributed by atoms with Crippen molar-refractivity contribution in [1.82, 2.24) is 10.6 Å². The van der Waals surface area contributed by atoms with Gasteiger partial charge >= 0.3 is 0 Å². The zero-order valence-electron chi connectivity index (χ0n) is 10.4. The van der Waals surface area contributed by atoms with Crippen molar-refractivity contribution in [2.45, 2.75) is 50.3 Å². The first-order chi connectivity index (χ1) is 7.76. The van der Waals surface area contributed by atoms with Crippen molar-refractivity contribution < 1.29 is 4.79 Å². The van der Waals surface area contributed by atoms with Crippen LogP contribution < -0.4 is 10.6 Å². The minimum absolute atomic E-state index is 0.154. The van der Waals surface area contributed by atoms with Crippen molar-refractivity contribution in [2.24, 2.45) is 0 Å². The summed E-state index contributed by atoms with van der Waals surface area (Å²) in [5.74, 6) is 0.154. The number of hydrogen-bond donors (Lipinski definition) is 2. The first-order valence-electron chi connectivity index (χ1n) is 6.29. The van der Waals surface area contributed by atoms with E-state index in [2.05, 4.69) is 23.8 Å². The molecule has 3 nitrogen and oxygen atoms in total. The Morgan fingerprint density at radius 1 is 1.31 bits per heavy atom. The number of nitrogens with one attached hydrogen (secondary N) is 2. The van der Waals surface area contributed by atoms with Gasteiger partial charge in [0.2, 0.25) is 5.91 Å². The van der Waals surface area contributed by atoms with Crippen LogP contribution in [0.5, 0.6) is 0 Å². The van der Waals surface area contributed by atoms with Gasteiger partial charge in [-0.3, -0.25) is 4.79 Å². The van der Waals surface area contributed by atoms with Gasteiger partial charge in [0, 0.05) is 11.3 Å². The second-order valence-electron chi connectivity index (χ2n) is 4.45. The highest BCUT2D eigenvalue weighted by Gasteiger charge is 2.21. The summed E-state index contributed by atoms with van der Waals surface area (Å²) in [4.78, 5) is 11.6. The van der Waals surface area contributed by atoms with Gasteiger partial charge in [0.25, 0.3) is 0 Å². The molecule has 0 heterocycles. The summed E-state index contributed by atoms with van der Waals surface area (Å²) in [6.07, 6.45) is 8.03. The summed E-state index contributed by atoms with van der Waals surface area (Å²) >= 11 is 1.96. The highest BCUT2D eigenvalue weighted by atomic mass is 32.2. The maximum atomic E-state index is 11.6. The van der Waals surface area contributed by atoms with Crippen molar-refractivity contribution in [3.8, 4) is 0 Å². The van der Waals surface area contributed by atoms with Gasteiger partial charge < -0.3 is 10.6 Å². The van der Waals surface area contributed by atoms with E-state index >= 15 is 0 Å². The molecule has 1 aliphatic rings. The Morgan fingerprint density at radius 2 is 2.00 bits per heavy atom. The smallest absolute Gasteiger partial charge is 0.234 e. The van der Waals surface area contributed by atoms with Crippen molar-refractivity contribution in [3.63, 3.8) is 0 Å². The van der Waals surface area contributed by atoms with E-state index in [1.165, 1.54) is 12.8 Å². The quantitative estimate of drug-likeness (QED) is 0.700. The summed E-state index contributed by atoms with van der Waals surface area (Å²) in [6, 6.07) is 0.416. The third kappa shape index (κ3) is 5.21. The number of rotatable bonds is 6. The first kappa shape index (κ1) is 13.8. The number of hydrogen-bond acceptors (Lipinski definition) is 3. The summed E-state index contributed by atoms with van der Waals surface area (Å²) in [6.45, 7) is 3.50. The van der Waals surface area contributed by atoms with Crippen LogP contribution >= 0.6 is 11.8 Å². The predicted molar refractivity (Wildman–Crippen MR) is 70.9 cm³/mol. The van der Waals surface area contributed by atoms with Crippen LogP contribution in [0.2, 0.25) is 0 Å². The fourth-order valence-corrected chi connectivity index (χ4v) is 2.84. The van der Waals surface area contributed by atoms with Crippen LogP contribution in [0, 0.1) is 0 Å². The minimum atomic E-state index is 0.154. The number of carbonyl (C=O) groups is 1. The number of amides is 1. The zero-order valence-corrected chi connectivity index (χ0v) is 11.2. The van der Waals surface area contributed by atoms with Gasteiger partial charge in [-0.2, -0.15) is 11.8 Å². The lowest BCUT2D eigenvalue weighted by Crippen LogP contribution is -2.42. The Morgan fingerprint density at radius 3 is 2.56 bits per heavy atom. The molecule has 1 rings (SSSR count). The molecule has 1 saturated carbocycles. The van der Waals surface area contributed by atoms with E-state index in [4.69, 9.17) is 0 Å². The van der Waals surface area contributed by atoms with Gasteiger partial charge in [-0.15, -0.1) is 0 Å². The van der Waals surface area contributed by atoms with E-state index in [1.807, 2.05) is 11.8 Å². The normalized spacial score (nSPS) is 25.4. The molecule has 1 amide bonds. The molecule has 0 aromatic carbocycles. The molecule has 0 radical (unpaired) electrons. The average Bonchev–Trinajstić information content (AvgIpc) is 2.30. The Labute approximate surface area is 103 Å². The van der Waals surface area contributed by atoms with Gasteiger partial charge in [-0.05, 0) is 44.9 Å². The minimum Gasteiger partial charge on any atom is -0.352 e. The van der Waals surface area contributed by atoms with E-state index in [1.54, 1.807) is 0 Å². The Balaban J connectivity index is 2.10. The fraction of sp³-hybridized carbons (Fsp3) is 0.917. The van der Waals surface area contributed by atoms with Crippen LogP contribution in [-0.2, 0) is 4.79 Å². The van der Waals surface area contributed by atoms with E-state index in [-0.39, 0.29) is 5.91 Å². The van der Waals surface area contributed by atoms with Crippen molar-refractivity contribution in [3.05, 3.63) is 0 Å². The van der Waals surface area contributed by atoms with Crippen LogP contribution in [0.4, 0.5) is 0 Å². The fourth-order valence-electron chi connectivity index (χ4n) is 2.10. The Hall–Kier alpha value is -0.220. The molecule has 4 heteroatoms. The molecule has 1 aliphatic carbocycles. The molecule has 0 aromatic heterocycles. The largest absolute Gasteiger partial charge is 0.352 e. The topological polar surface area (TPSA) is 41.1 Å². The zero-order chi connectivity index (χ0) is 11.8. The van der Waals surface area contributed by atoms with E-state index < -0.39 is 0 Å². The number of carbonyl (C=O) groups excluding carboxylic acids is 1. The SMILES string of the molecule is CCCNCC(=O)NC1CCC(SC)CC1. The van der Waals surface area contributed by atoms with Gasteiger partial charge in [-0.1, -0.05) is 6.92 Å². The van der Waals surface area contributed by atoms with Crippen LogP contribution in [-0.4, -0.2) is 36.5 Å². The maximum absolute atomic E-state index is 11.6. The van der Waals surface area contributed by atoms with Crippen molar-refractivity contribution in [2.75, 3.05) is 19.3 Å². The summed E-state index contributed by atoms with van der Waals surface area (Å²) in [7, 11) is 0. The number of thioether (sulfide) groups is 1. The summed E-state index contributed by atoms with van der Waals surface area (Å²) < 4.78 is 0. The van der Waals surface area contributed by atoms with E-state index in [0.29, 0.717) is 12.6 Å². The summed E-state index contributed by atoms with van der Waals surface area (Å²) in [5.41, 5.74) is 0. The van der Waals surface area contributed by atoms with E-state index in [9.17, 15) is 4.79 Å². The second kappa shape index (κ2) is 7.96. The standard InChI is InChI=1S/C12H24N2OS/c1-3-8-13-9-12(15)14-10-4-6-11(16-2)7-5-10/h10-11,13H,3-9H2,1-2H3,(H,14,15). The molecule has 0 aliphatic heterocycles. The van der Waals surface area contributed by atoms with Gasteiger partial charge in [0.1, 0.15) is 0 Å². The molecule has 0 bridgehead atoms. The molecule has 0 aromatic rings. The first-order valence-corrected chi connectivity index (χ1v) is 7.58. The molecule has 16 heavy (non-hydrogen) atoms. The van der Waals surface area contributed by atoms with Gasteiger partial charge in [0.05, 0.1) is 6.54 Å². The highest BCUT2D eigenvalue weighted by Crippen LogP contribution is 2.26. The Kier molecular flexibility index (Phi) is 6.88. The summed E-state index contributed by atoms with van der Waals surface area (Å²) in [5, 5.41) is 7.05. The van der Waals surface area contributed by atoms with Crippen LogP contribution in [0.15, 0.2) is 0 Å². The lowest BCUT2D eigenvalue weighted by molar-refractivity contribution is -0.121. The molecular formula is C12H24N2OS. The third-order valence-electron chi connectivity index (χ3n) is 3.08.